The first kappa shape index (κ1) is 22.8. The molecular formula is C25H33FN4O. The van der Waals surface area contributed by atoms with Gasteiger partial charge in [-0.2, -0.15) is 0 Å². The highest BCUT2D eigenvalue weighted by molar-refractivity contribution is 6.25. The Bertz CT molecular complexity index is 1010. The van der Waals surface area contributed by atoms with E-state index in [9.17, 15) is 9.18 Å². The summed E-state index contributed by atoms with van der Waals surface area (Å²) in [6, 6.07) is 4.96. The predicted octanol–water partition coefficient (Wildman–Crippen LogP) is 4.20. The molecule has 1 aromatic carbocycles. The summed E-state index contributed by atoms with van der Waals surface area (Å²) in [5.74, 6) is -0.385. The van der Waals surface area contributed by atoms with Gasteiger partial charge in [0.1, 0.15) is 5.82 Å². The van der Waals surface area contributed by atoms with Gasteiger partial charge in [0.25, 0.3) is 0 Å². The second-order valence-electron chi connectivity index (χ2n) is 8.25. The summed E-state index contributed by atoms with van der Waals surface area (Å²) in [6.07, 6.45) is 6.20. The molecule has 166 valence electrons. The smallest absolute Gasteiger partial charge is 0.163 e. The van der Waals surface area contributed by atoms with Gasteiger partial charge in [0.15, 0.2) is 5.78 Å². The molecular weight excluding hydrogens is 391 g/mol. The molecule has 0 atom stereocenters. The SMILES string of the molecule is CCC(=O)/C(=C/c1[nH]c(C)c(/C(N)=C/NC2CCNCC2)c1C)c1cc(F)ccc1C. The molecule has 1 aliphatic rings. The lowest BCUT2D eigenvalue weighted by Crippen LogP contribution is -2.38. The summed E-state index contributed by atoms with van der Waals surface area (Å²) in [6.45, 7) is 9.68. The zero-order valence-electron chi connectivity index (χ0n) is 18.9. The molecule has 0 saturated carbocycles. The van der Waals surface area contributed by atoms with Crippen LogP contribution in [0.2, 0.25) is 0 Å². The van der Waals surface area contributed by atoms with Crippen LogP contribution in [-0.2, 0) is 4.79 Å². The number of Topliss-reactive ketones (excluding diaryl/α,β-unsaturated/α-hetero) is 1. The number of allylic oxidation sites excluding steroid dienone is 1. The fourth-order valence-electron chi connectivity index (χ4n) is 4.15. The number of rotatable bonds is 7. The summed E-state index contributed by atoms with van der Waals surface area (Å²) >= 11 is 0. The lowest BCUT2D eigenvalue weighted by atomic mass is 9.94. The maximum absolute atomic E-state index is 13.9. The Balaban J connectivity index is 1.97. The van der Waals surface area contributed by atoms with Crippen LogP contribution in [0.1, 0.15) is 59.8 Å². The molecule has 0 spiro atoms. The molecule has 2 heterocycles. The standard InChI is InChI=1S/C25H33FN4O/c1-5-24(31)21(20-12-18(26)7-6-15(20)2)13-23-16(3)25(17(4)30-23)22(27)14-29-19-8-10-28-11-9-19/h6-7,12-14,19,28-30H,5,8-11,27H2,1-4H3/b21-13+,22-14-. The minimum absolute atomic E-state index is 0.0296. The number of nitrogens with two attached hydrogens (primary N) is 1. The van der Waals surface area contributed by atoms with Crippen molar-refractivity contribution in [2.24, 2.45) is 5.73 Å². The van der Waals surface area contributed by atoms with E-state index in [1.807, 2.05) is 40.0 Å². The van der Waals surface area contributed by atoms with Gasteiger partial charge in [-0.05, 0) is 81.6 Å². The lowest BCUT2D eigenvalue weighted by Gasteiger charge is -2.23. The molecule has 0 radical (unpaired) electrons. The molecule has 5 nitrogen and oxygen atoms in total. The van der Waals surface area contributed by atoms with Crippen LogP contribution in [0.4, 0.5) is 4.39 Å². The van der Waals surface area contributed by atoms with E-state index in [1.165, 1.54) is 12.1 Å². The molecule has 0 amide bonds. The Hall–Kier alpha value is -2.86. The second-order valence-corrected chi connectivity index (χ2v) is 8.25. The van der Waals surface area contributed by atoms with Crippen LogP contribution in [0, 0.1) is 26.6 Å². The van der Waals surface area contributed by atoms with Crippen LogP contribution in [-0.4, -0.2) is 29.9 Å². The number of carbonyl (C=O) groups is 1. The van der Waals surface area contributed by atoms with Crippen LogP contribution in [0.5, 0.6) is 0 Å². The maximum atomic E-state index is 13.9. The largest absolute Gasteiger partial charge is 0.397 e. The number of carbonyl (C=O) groups excluding carboxylic acids is 1. The summed E-state index contributed by atoms with van der Waals surface area (Å²) in [4.78, 5) is 16.1. The zero-order valence-corrected chi connectivity index (χ0v) is 18.9. The summed E-state index contributed by atoms with van der Waals surface area (Å²) < 4.78 is 13.9. The van der Waals surface area contributed by atoms with Gasteiger partial charge in [-0.15, -0.1) is 0 Å². The average Bonchev–Trinajstić information content (AvgIpc) is 3.05. The number of aryl methyl sites for hydroxylation is 2. The molecule has 3 rings (SSSR count). The Morgan fingerprint density at radius 1 is 1.26 bits per heavy atom. The molecule has 0 bridgehead atoms. The molecule has 1 aliphatic heterocycles. The Labute approximate surface area is 184 Å². The average molecular weight is 425 g/mol. The topological polar surface area (TPSA) is 82.9 Å². The van der Waals surface area contributed by atoms with Gasteiger partial charge in [-0.1, -0.05) is 13.0 Å². The maximum Gasteiger partial charge on any atom is 0.163 e. The predicted molar refractivity (Wildman–Crippen MR) is 126 cm³/mol. The van der Waals surface area contributed by atoms with Gasteiger partial charge >= 0.3 is 0 Å². The van der Waals surface area contributed by atoms with E-state index in [0.717, 1.165) is 54.0 Å². The van der Waals surface area contributed by atoms with E-state index in [4.69, 9.17) is 5.73 Å². The second kappa shape index (κ2) is 9.96. The van der Waals surface area contributed by atoms with Gasteiger partial charge in [0.2, 0.25) is 0 Å². The van der Waals surface area contributed by atoms with Crippen molar-refractivity contribution in [3.05, 3.63) is 63.9 Å². The molecule has 1 saturated heterocycles. The van der Waals surface area contributed by atoms with E-state index >= 15 is 0 Å². The lowest BCUT2D eigenvalue weighted by molar-refractivity contribution is -0.113. The van der Waals surface area contributed by atoms with Crippen molar-refractivity contribution < 1.29 is 9.18 Å². The number of halogens is 1. The fraction of sp³-hybridized carbons (Fsp3) is 0.400. The van der Waals surface area contributed by atoms with Crippen LogP contribution < -0.4 is 16.4 Å². The third-order valence-corrected chi connectivity index (χ3v) is 5.98. The molecule has 1 fully saturated rings. The van der Waals surface area contributed by atoms with Crippen molar-refractivity contribution in [3.8, 4) is 0 Å². The fourth-order valence-corrected chi connectivity index (χ4v) is 4.15. The van der Waals surface area contributed by atoms with E-state index < -0.39 is 0 Å². The number of aromatic amines is 1. The van der Waals surface area contributed by atoms with Crippen LogP contribution in [0.15, 0.2) is 24.4 Å². The Morgan fingerprint density at radius 3 is 2.65 bits per heavy atom. The van der Waals surface area contributed by atoms with E-state index in [1.54, 1.807) is 6.07 Å². The van der Waals surface area contributed by atoms with Crippen LogP contribution >= 0.6 is 0 Å². The van der Waals surface area contributed by atoms with Crippen molar-refractivity contribution in [3.63, 3.8) is 0 Å². The number of ketones is 1. The van der Waals surface area contributed by atoms with Crippen LogP contribution in [0.3, 0.4) is 0 Å². The highest BCUT2D eigenvalue weighted by Gasteiger charge is 2.18. The van der Waals surface area contributed by atoms with Gasteiger partial charge in [-0.25, -0.2) is 4.39 Å². The highest BCUT2D eigenvalue weighted by Crippen LogP contribution is 2.29. The molecule has 0 aliphatic carbocycles. The third-order valence-electron chi connectivity index (χ3n) is 5.98. The highest BCUT2D eigenvalue weighted by atomic mass is 19.1. The van der Waals surface area contributed by atoms with Crippen molar-refractivity contribution in [1.82, 2.24) is 15.6 Å². The van der Waals surface area contributed by atoms with Gasteiger partial charge in [0, 0.05) is 41.2 Å². The van der Waals surface area contributed by atoms with E-state index in [-0.39, 0.29) is 11.6 Å². The van der Waals surface area contributed by atoms with Gasteiger partial charge in [0.05, 0.1) is 5.70 Å². The molecule has 31 heavy (non-hydrogen) atoms. The first-order valence-electron chi connectivity index (χ1n) is 10.9. The van der Waals surface area contributed by atoms with Gasteiger partial charge < -0.3 is 21.4 Å². The molecule has 5 N–H and O–H groups in total. The van der Waals surface area contributed by atoms with Crippen molar-refractivity contribution >= 4 is 23.1 Å². The number of hydrogen-bond acceptors (Lipinski definition) is 4. The van der Waals surface area contributed by atoms with Crippen LogP contribution in [0.25, 0.3) is 17.3 Å². The normalized spacial score (nSPS) is 15.9. The minimum Gasteiger partial charge on any atom is -0.397 e. The number of hydrogen-bond donors (Lipinski definition) is 4. The quantitative estimate of drug-likeness (QED) is 0.502. The van der Waals surface area contributed by atoms with Gasteiger partial charge in [-0.3, -0.25) is 4.79 Å². The summed E-state index contributed by atoms with van der Waals surface area (Å²) in [5.41, 5.74) is 12.7. The molecule has 2 aromatic rings. The first-order valence-corrected chi connectivity index (χ1v) is 10.9. The first-order chi connectivity index (χ1) is 14.8. The Kier molecular flexibility index (Phi) is 7.33. The van der Waals surface area contributed by atoms with Crippen molar-refractivity contribution in [2.75, 3.05) is 13.1 Å². The molecule has 0 unspecified atom stereocenters. The minimum atomic E-state index is -0.355. The van der Waals surface area contributed by atoms with Crippen molar-refractivity contribution in [2.45, 2.75) is 53.0 Å². The van der Waals surface area contributed by atoms with E-state index in [0.29, 0.717) is 29.3 Å². The third kappa shape index (κ3) is 5.25. The number of aromatic nitrogens is 1. The molecule has 6 heteroatoms. The number of H-pyrrole nitrogens is 1. The summed E-state index contributed by atoms with van der Waals surface area (Å²) in [5, 5.41) is 6.79. The zero-order chi connectivity index (χ0) is 22.5. The van der Waals surface area contributed by atoms with Crippen molar-refractivity contribution in [1.29, 1.82) is 0 Å². The number of piperidine rings is 1. The Morgan fingerprint density at radius 2 is 1.97 bits per heavy atom. The number of nitrogens with one attached hydrogen (secondary N) is 3. The number of benzene rings is 1. The molecule has 1 aromatic heterocycles. The monoisotopic (exact) mass is 424 g/mol. The summed E-state index contributed by atoms with van der Waals surface area (Å²) in [7, 11) is 0. The van der Waals surface area contributed by atoms with E-state index in [2.05, 4.69) is 15.6 Å².